The van der Waals surface area contributed by atoms with E-state index in [0.717, 1.165) is 16.4 Å². The van der Waals surface area contributed by atoms with Gasteiger partial charge < -0.3 is 0 Å². The topological polar surface area (TPSA) is 69.6 Å². The molecule has 3 heterocycles. The van der Waals surface area contributed by atoms with E-state index in [0.29, 0.717) is 17.5 Å². The predicted octanol–water partition coefficient (Wildman–Crippen LogP) is 2.14. The van der Waals surface area contributed by atoms with Crippen LogP contribution in [0.5, 0.6) is 0 Å². The Labute approximate surface area is 148 Å². The Morgan fingerprint density at radius 2 is 2.21 bits per heavy atom. The van der Waals surface area contributed by atoms with Crippen molar-refractivity contribution in [1.29, 1.82) is 0 Å². The first-order chi connectivity index (χ1) is 11.7. The molecular formula is C16H17N5OS2. The monoisotopic (exact) mass is 359 g/mol. The second-order valence-corrected chi connectivity index (χ2v) is 7.65. The van der Waals surface area contributed by atoms with Crippen LogP contribution < -0.4 is 15.8 Å². The highest BCUT2D eigenvalue weighted by Crippen LogP contribution is 2.30. The number of hydrazine groups is 1. The Balaban J connectivity index is 1.63. The van der Waals surface area contributed by atoms with Crippen LogP contribution in [0.1, 0.15) is 10.7 Å². The van der Waals surface area contributed by atoms with Gasteiger partial charge in [-0.25, -0.2) is 15.4 Å². The molecule has 24 heavy (non-hydrogen) atoms. The average molecular weight is 359 g/mol. The number of anilines is 1. The molecule has 4 rings (SSSR count). The summed E-state index contributed by atoms with van der Waals surface area (Å²) >= 11 is 3.19. The number of hydrogen-bond acceptors (Lipinski definition) is 7. The van der Waals surface area contributed by atoms with E-state index in [2.05, 4.69) is 21.2 Å². The molecule has 2 N–H and O–H groups in total. The van der Waals surface area contributed by atoms with Gasteiger partial charge in [-0.15, -0.1) is 11.3 Å². The minimum atomic E-state index is -0.197. The van der Waals surface area contributed by atoms with Crippen molar-refractivity contribution in [3.05, 3.63) is 46.4 Å². The lowest BCUT2D eigenvalue weighted by molar-refractivity contribution is -0.121. The van der Waals surface area contributed by atoms with Crippen LogP contribution in [0.15, 0.2) is 40.7 Å². The molecule has 1 aromatic heterocycles. The normalized spacial score (nSPS) is 23.3. The van der Waals surface area contributed by atoms with Crippen LogP contribution in [0.2, 0.25) is 0 Å². The molecule has 1 amide bonds. The zero-order valence-corrected chi connectivity index (χ0v) is 14.7. The number of carbonyl (C=O) groups excluding carboxylic acids is 1. The quantitative estimate of drug-likeness (QED) is 0.879. The molecule has 2 atom stereocenters. The number of carbonyl (C=O) groups is 1. The van der Waals surface area contributed by atoms with Gasteiger partial charge in [0.05, 0.1) is 22.3 Å². The first kappa shape index (κ1) is 15.8. The van der Waals surface area contributed by atoms with Crippen LogP contribution in [0.4, 0.5) is 5.69 Å². The molecule has 1 fully saturated rings. The zero-order valence-electron chi connectivity index (χ0n) is 13.1. The van der Waals surface area contributed by atoms with E-state index < -0.39 is 0 Å². The van der Waals surface area contributed by atoms with Crippen molar-refractivity contribution >= 4 is 39.9 Å². The summed E-state index contributed by atoms with van der Waals surface area (Å²) < 4.78 is 0. The van der Waals surface area contributed by atoms with Crippen LogP contribution in [-0.4, -0.2) is 28.8 Å². The fourth-order valence-electron chi connectivity index (χ4n) is 2.80. The number of amides is 1. The molecule has 0 spiro atoms. The fourth-order valence-corrected chi connectivity index (χ4v) is 4.45. The lowest BCUT2D eigenvalue weighted by Gasteiger charge is -2.32. The van der Waals surface area contributed by atoms with Gasteiger partial charge in [0.2, 0.25) is 5.91 Å². The van der Waals surface area contributed by atoms with Crippen molar-refractivity contribution in [1.82, 2.24) is 15.8 Å². The van der Waals surface area contributed by atoms with Crippen molar-refractivity contribution in [2.75, 3.05) is 11.4 Å². The van der Waals surface area contributed by atoms with Gasteiger partial charge in [0.15, 0.2) is 5.17 Å². The third-order valence-electron chi connectivity index (χ3n) is 3.96. The van der Waals surface area contributed by atoms with Gasteiger partial charge in [0, 0.05) is 17.7 Å². The molecular weight excluding hydrogens is 342 g/mol. The number of rotatable bonds is 3. The summed E-state index contributed by atoms with van der Waals surface area (Å²) in [7, 11) is 0. The number of nitrogens with zero attached hydrogens (tertiary/aromatic N) is 3. The third-order valence-corrected chi connectivity index (χ3v) is 5.77. The van der Waals surface area contributed by atoms with Crippen molar-refractivity contribution in [2.45, 2.75) is 18.8 Å². The molecule has 1 saturated heterocycles. The highest BCUT2D eigenvalue weighted by molar-refractivity contribution is 8.13. The van der Waals surface area contributed by atoms with Crippen LogP contribution in [0.3, 0.4) is 0 Å². The number of hydrogen-bond donors (Lipinski definition) is 2. The summed E-state index contributed by atoms with van der Waals surface area (Å²) in [6.07, 6.45) is -0.197. The lowest BCUT2D eigenvalue weighted by Crippen LogP contribution is -2.49. The zero-order chi connectivity index (χ0) is 16.5. The van der Waals surface area contributed by atoms with Crippen molar-refractivity contribution in [2.24, 2.45) is 10.9 Å². The van der Waals surface area contributed by atoms with E-state index >= 15 is 0 Å². The molecule has 0 saturated carbocycles. The number of aliphatic imine (C=N–C) groups is 1. The molecule has 2 aliphatic heterocycles. The second kappa shape index (κ2) is 6.64. The van der Waals surface area contributed by atoms with Crippen LogP contribution >= 0.6 is 23.1 Å². The Morgan fingerprint density at radius 3 is 2.96 bits per heavy atom. The minimum Gasteiger partial charge on any atom is -0.274 e. The Hall–Kier alpha value is -1.74. The Morgan fingerprint density at radius 1 is 1.38 bits per heavy atom. The highest BCUT2D eigenvalue weighted by Gasteiger charge is 2.42. The molecule has 0 radical (unpaired) electrons. The number of fused-ring (bicyclic) bond motifs is 1. The summed E-state index contributed by atoms with van der Waals surface area (Å²) in [5.74, 6) is 0.608. The first-order valence-electron chi connectivity index (χ1n) is 7.71. The highest BCUT2D eigenvalue weighted by atomic mass is 32.2. The van der Waals surface area contributed by atoms with Gasteiger partial charge in [-0.1, -0.05) is 30.0 Å². The fraction of sp³-hybridized carbons (Fsp3) is 0.312. The third kappa shape index (κ3) is 2.98. The number of nitrogens with one attached hydrogen (secondary N) is 2. The summed E-state index contributed by atoms with van der Waals surface area (Å²) in [4.78, 5) is 24.0. The molecule has 2 aromatic rings. The molecule has 1 aromatic carbocycles. The average Bonchev–Trinajstić information content (AvgIpc) is 3.22. The summed E-state index contributed by atoms with van der Waals surface area (Å²) in [6.45, 7) is 2.59. The number of amidine groups is 1. The lowest BCUT2D eigenvalue weighted by atomic mass is 10.1. The largest absolute Gasteiger partial charge is 0.274 e. The molecule has 2 aliphatic rings. The Bertz CT molecular complexity index is 776. The maximum Gasteiger partial charge on any atom is 0.241 e. The maximum atomic E-state index is 13.0. The van der Waals surface area contributed by atoms with E-state index in [1.165, 1.54) is 0 Å². The van der Waals surface area contributed by atoms with E-state index in [1.807, 2.05) is 37.3 Å². The number of thiazole rings is 1. The molecule has 2 unspecified atom stereocenters. The summed E-state index contributed by atoms with van der Waals surface area (Å²) in [6, 6.07) is 9.70. The summed E-state index contributed by atoms with van der Waals surface area (Å²) in [5, 5.41) is 3.82. The SMILES string of the molecule is Cc1nc(CSC2=NC3NNCC3C(=O)N2c2ccccc2)cs1. The van der Waals surface area contributed by atoms with Crippen molar-refractivity contribution in [3.8, 4) is 0 Å². The number of aryl methyl sites for hydroxylation is 1. The van der Waals surface area contributed by atoms with E-state index in [1.54, 1.807) is 28.0 Å². The van der Waals surface area contributed by atoms with Crippen LogP contribution in [0.25, 0.3) is 0 Å². The van der Waals surface area contributed by atoms with Crippen molar-refractivity contribution < 1.29 is 4.79 Å². The number of benzene rings is 1. The van der Waals surface area contributed by atoms with Gasteiger partial charge in [-0.2, -0.15) is 0 Å². The molecule has 8 heteroatoms. The summed E-state index contributed by atoms with van der Waals surface area (Å²) in [5.41, 5.74) is 8.00. The molecule has 6 nitrogen and oxygen atoms in total. The molecule has 0 aliphatic carbocycles. The number of para-hydroxylation sites is 1. The Kier molecular flexibility index (Phi) is 4.36. The number of thioether (sulfide) groups is 1. The van der Waals surface area contributed by atoms with E-state index in [4.69, 9.17) is 4.99 Å². The van der Waals surface area contributed by atoms with Gasteiger partial charge in [0.25, 0.3) is 0 Å². The van der Waals surface area contributed by atoms with E-state index in [9.17, 15) is 4.79 Å². The van der Waals surface area contributed by atoms with Gasteiger partial charge in [0.1, 0.15) is 6.17 Å². The van der Waals surface area contributed by atoms with Gasteiger partial charge >= 0.3 is 0 Å². The molecule has 0 bridgehead atoms. The first-order valence-corrected chi connectivity index (χ1v) is 9.58. The minimum absolute atomic E-state index is 0.0793. The maximum absolute atomic E-state index is 13.0. The van der Waals surface area contributed by atoms with Gasteiger partial charge in [-0.3, -0.25) is 15.1 Å². The van der Waals surface area contributed by atoms with Crippen LogP contribution in [0, 0.1) is 12.8 Å². The predicted molar refractivity (Wildman–Crippen MR) is 97.9 cm³/mol. The smallest absolute Gasteiger partial charge is 0.241 e. The molecule has 124 valence electrons. The standard InChI is InChI=1S/C16H17N5OS2/c1-10-18-11(8-23-10)9-24-16-19-14-13(7-17-20-14)15(22)21(16)12-5-3-2-4-6-12/h2-6,8,13-14,17,20H,7,9H2,1H3. The van der Waals surface area contributed by atoms with Gasteiger partial charge in [-0.05, 0) is 19.1 Å². The van der Waals surface area contributed by atoms with Crippen molar-refractivity contribution in [3.63, 3.8) is 0 Å². The second-order valence-electron chi connectivity index (χ2n) is 5.64. The van der Waals surface area contributed by atoms with E-state index in [-0.39, 0.29) is 18.0 Å². The van der Waals surface area contributed by atoms with Crippen LogP contribution in [-0.2, 0) is 10.5 Å². The number of aromatic nitrogens is 1.